The van der Waals surface area contributed by atoms with E-state index in [9.17, 15) is 9.59 Å². The fourth-order valence-electron chi connectivity index (χ4n) is 4.60. The molecule has 1 unspecified atom stereocenters. The van der Waals surface area contributed by atoms with Gasteiger partial charge in [-0.05, 0) is 66.8 Å². The van der Waals surface area contributed by atoms with E-state index in [0.717, 1.165) is 36.1 Å². The van der Waals surface area contributed by atoms with E-state index in [1.165, 1.54) is 5.56 Å². The SMILES string of the molecule is COc1ccc(-c2cc(C(=O)OCC(=O)NC3CCCc4ccccc43)c3ccccc3n2)cc1. The molecule has 1 atom stereocenters. The van der Waals surface area contributed by atoms with Crippen molar-refractivity contribution in [2.45, 2.75) is 25.3 Å². The molecule has 1 N–H and O–H groups in total. The van der Waals surface area contributed by atoms with Crippen LogP contribution >= 0.6 is 0 Å². The summed E-state index contributed by atoms with van der Waals surface area (Å²) in [5, 5.41) is 3.70. The van der Waals surface area contributed by atoms with E-state index in [0.29, 0.717) is 22.2 Å². The van der Waals surface area contributed by atoms with E-state index in [1.54, 1.807) is 13.2 Å². The number of benzene rings is 3. The van der Waals surface area contributed by atoms with Crippen LogP contribution < -0.4 is 10.1 Å². The lowest BCUT2D eigenvalue weighted by Gasteiger charge is -2.26. The third-order valence-corrected chi connectivity index (χ3v) is 6.36. The zero-order valence-electron chi connectivity index (χ0n) is 19.5. The number of pyridine rings is 1. The summed E-state index contributed by atoms with van der Waals surface area (Å²) in [6.45, 7) is -0.341. The number of hydrogen-bond donors (Lipinski definition) is 1. The first-order valence-corrected chi connectivity index (χ1v) is 11.7. The second kappa shape index (κ2) is 9.97. The largest absolute Gasteiger partial charge is 0.497 e. The quantitative estimate of drug-likeness (QED) is 0.392. The van der Waals surface area contributed by atoms with E-state index in [1.807, 2.05) is 60.7 Å². The normalized spacial score (nSPS) is 14.7. The van der Waals surface area contributed by atoms with E-state index in [2.05, 4.69) is 17.4 Å². The lowest BCUT2D eigenvalue weighted by molar-refractivity contribution is -0.125. The van der Waals surface area contributed by atoms with Crippen molar-refractivity contribution in [3.8, 4) is 17.0 Å². The molecule has 0 bridgehead atoms. The summed E-state index contributed by atoms with van der Waals surface area (Å²) in [7, 11) is 1.61. The predicted molar refractivity (Wildman–Crippen MR) is 134 cm³/mol. The summed E-state index contributed by atoms with van der Waals surface area (Å²) in [4.78, 5) is 30.5. The molecule has 1 aliphatic carbocycles. The molecule has 0 fully saturated rings. The molecule has 1 amide bonds. The van der Waals surface area contributed by atoms with Crippen molar-refractivity contribution in [1.29, 1.82) is 0 Å². The maximum absolute atomic E-state index is 13.1. The summed E-state index contributed by atoms with van der Waals surface area (Å²) in [6.07, 6.45) is 2.90. The summed E-state index contributed by atoms with van der Waals surface area (Å²) in [5.41, 5.74) is 4.94. The smallest absolute Gasteiger partial charge is 0.339 e. The van der Waals surface area contributed by atoms with Crippen molar-refractivity contribution in [2.24, 2.45) is 0 Å². The van der Waals surface area contributed by atoms with Gasteiger partial charge in [0.25, 0.3) is 5.91 Å². The molecule has 176 valence electrons. The highest BCUT2D eigenvalue weighted by molar-refractivity contribution is 6.05. The number of esters is 1. The Morgan fingerprint density at radius 1 is 1.00 bits per heavy atom. The standard InChI is InChI=1S/C29H26N2O4/c1-34-21-15-13-20(14-16-21)27-17-24(23-10-4-5-11-26(23)30-27)29(33)35-18-28(32)31-25-12-6-8-19-7-2-3-9-22(19)25/h2-5,7,9-11,13-17,25H,6,8,12,18H2,1H3,(H,31,32). The molecule has 0 spiro atoms. The third-order valence-electron chi connectivity index (χ3n) is 6.36. The van der Waals surface area contributed by atoms with Crippen LogP contribution in [0.2, 0.25) is 0 Å². The Morgan fingerprint density at radius 2 is 1.77 bits per heavy atom. The number of carbonyl (C=O) groups excluding carboxylic acids is 2. The fourth-order valence-corrected chi connectivity index (χ4v) is 4.60. The van der Waals surface area contributed by atoms with Crippen molar-refractivity contribution in [2.75, 3.05) is 13.7 Å². The van der Waals surface area contributed by atoms with Crippen LogP contribution in [0.5, 0.6) is 5.75 Å². The Kier molecular flexibility index (Phi) is 6.44. The van der Waals surface area contributed by atoms with E-state index in [4.69, 9.17) is 14.5 Å². The maximum atomic E-state index is 13.1. The first-order chi connectivity index (χ1) is 17.1. The monoisotopic (exact) mass is 466 g/mol. The van der Waals surface area contributed by atoms with Gasteiger partial charge in [0.15, 0.2) is 6.61 Å². The second-order valence-corrected chi connectivity index (χ2v) is 8.59. The number of para-hydroxylation sites is 1. The number of aryl methyl sites for hydroxylation is 1. The molecule has 1 aliphatic rings. The number of ether oxygens (including phenoxy) is 2. The van der Waals surface area contributed by atoms with Gasteiger partial charge in [0.2, 0.25) is 0 Å². The van der Waals surface area contributed by atoms with E-state index >= 15 is 0 Å². The highest BCUT2D eigenvalue weighted by atomic mass is 16.5. The maximum Gasteiger partial charge on any atom is 0.339 e. The number of rotatable bonds is 6. The minimum Gasteiger partial charge on any atom is -0.497 e. The van der Waals surface area contributed by atoms with Crippen LogP contribution in [0.1, 0.15) is 40.4 Å². The number of aromatic nitrogens is 1. The van der Waals surface area contributed by atoms with Crippen molar-refractivity contribution in [1.82, 2.24) is 10.3 Å². The third kappa shape index (κ3) is 4.87. The molecule has 4 aromatic rings. The van der Waals surface area contributed by atoms with Gasteiger partial charge in [-0.1, -0.05) is 42.5 Å². The van der Waals surface area contributed by atoms with Gasteiger partial charge in [-0.2, -0.15) is 0 Å². The number of methoxy groups -OCH3 is 1. The Hall–Kier alpha value is -4.19. The zero-order chi connectivity index (χ0) is 24.2. The van der Waals surface area contributed by atoms with Gasteiger partial charge in [0, 0.05) is 10.9 Å². The number of hydrogen-bond acceptors (Lipinski definition) is 5. The molecule has 0 saturated carbocycles. The Balaban J connectivity index is 1.33. The molecule has 5 rings (SSSR count). The van der Waals surface area contributed by atoms with Gasteiger partial charge in [-0.3, -0.25) is 4.79 Å². The molecule has 3 aromatic carbocycles. The average molecular weight is 467 g/mol. The number of amides is 1. The van der Waals surface area contributed by atoms with Crippen molar-refractivity contribution in [3.63, 3.8) is 0 Å². The lowest BCUT2D eigenvalue weighted by atomic mass is 9.88. The number of nitrogens with zero attached hydrogens (tertiary/aromatic N) is 1. The minimum absolute atomic E-state index is 0.0606. The van der Waals surface area contributed by atoms with Crippen LogP contribution in [0, 0.1) is 0 Å². The van der Waals surface area contributed by atoms with Crippen molar-refractivity contribution < 1.29 is 19.1 Å². The molecule has 1 heterocycles. The topological polar surface area (TPSA) is 77.5 Å². The number of fused-ring (bicyclic) bond motifs is 2. The molecular formula is C29H26N2O4. The van der Waals surface area contributed by atoms with Crippen LogP contribution in [0.4, 0.5) is 0 Å². The van der Waals surface area contributed by atoms with Crippen LogP contribution in [-0.2, 0) is 16.0 Å². The molecule has 35 heavy (non-hydrogen) atoms. The van der Waals surface area contributed by atoms with Gasteiger partial charge in [0.1, 0.15) is 5.75 Å². The Morgan fingerprint density at radius 3 is 2.60 bits per heavy atom. The molecule has 1 aromatic heterocycles. The molecule has 6 nitrogen and oxygen atoms in total. The van der Waals surface area contributed by atoms with E-state index in [-0.39, 0.29) is 18.6 Å². The van der Waals surface area contributed by atoms with Crippen molar-refractivity contribution >= 4 is 22.8 Å². The fraction of sp³-hybridized carbons (Fsp3) is 0.207. The van der Waals surface area contributed by atoms with Crippen molar-refractivity contribution in [3.05, 3.63) is 95.6 Å². The average Bonchev–Trinajstić information content (AvgIpc) is 2.91. The lowest BCUT2D eigenvalue weighted by Crippen LogP contribution is -2.34. The summed E-state index contributed by atoms with van der Waals surface area (Å²) >= 11 is 0. The Bertz CT molecular complexity index is 1380. The van der Waals surface area contributed by atoms with Gasteiger partial charge in [-0.15, -0.1) is 0 Å². The first-order valence-electron chi connectivity index (χ1n) is 11.7. The summed E-state index contributed by atoms with van der Waals surface area (Å²) in [6, 6.07) is 24.7. The van der Waals surface area contributed by atoms with Crippen LogP contribution in [0.3, 0.4) is 0 Å². The molecule has 6 heteroatoms. The predicted octanol–water partition coefficient (Wildman–Crippen LogP) is 5.26. The molecular weight excluding hydrogens is 440 g/mol. The highest BCUT2D eigenvalue weighted by Crippen LogP contribution is 2.30. The van der Waals surface area contributed by atoms with Crippen LogP contribution in [0.25, 0.3) is 22.2 Å². The second-order valence-electron chi connectivity index (χ2n) is 8.59. The number of nitrogens with one attached hydrogen (secondary N) is 1. The van der Waals surface area contributed by atoms with Crippen LogP contribution in [0.15, 0.2) is 78.9 Å². The zero-order valence-corrected chi connectivity index (χ0v) is 19.5. The summed E-state index contributed by atoms with van der Waals surface area (Å²) in [5.74, 6) is -0.132. The number of carbonyl (C=O) groups is 2. The van der Waals surface area contributed by atoms with Crippen LogP contribution in [-0.4, -0.2) is 30.6 Å². The molecule has 0 saturated heterocycles. The van der Waals surface area contributed by atoms with Gasteiger partial charge in [0.05, 0.1) is 29.9 Å². The van der Waals surface area contributed by atoms with Gasteiger partial charge < -0.3 is 14.8 Å². The van der Waals surface area contributed by atoms with Gasteiger partial charge in [-0.25, -0.2) is 9.78 Å². The highest BCUT2D eigenvalue weighted by Gasteiger charge is 2.22. The first kappa shape index (κ1) is 22.6. The minimum atomic E-state index is -0.558. The Labute approximate surface area is 203 Å². The summed E-state index contributed by atoms with van der Waals surface area (Å²) < 4.78 is 10.7. The molecule has 0 radical (unpaired) electrons. The van der Waals surface area contributed by atoms with Gasteiger partial charge >= 0.3 is 5.97 Å². The molecule has 0 aliphatic heterocycles. The van der Waals surface area contributed by atoms with E-state index < -0.39 is 5.97 Å².